The van der Waals surface area contributed by atoms with Crippen LogP contribution in [0.2, 0.25) is 0 Å². The number of aryl methyl sites for hydroxylation is 1. The zero-order chi connectivity index (χ0) is 11.5. The third-order valence-electron chi connectivity index (χ3n) is 3.21. The average molecular weight is 219 g/mol. The molecule has 4 heteroatoms. The molecular formula is C12H17N3O. The number of anilines is 1. The fraction of sp³-hybridized carbons (Fsp3) is 0.500. The zero-order valence-electron chi connectivity index (χ0n) is 9.66. The van der Waals surface area contributed by atoms with Gasteiger partial charge in [-0.15, -0.1) is 0 Å². The van der Waals surface area contributed by atoms with Crippen LogP contribution in [0.25, 0.3) is 0 Å². The van der Waals surface area contributed by atoms with Crippen LogP contribution < -0.4 is 10.6 Å². The van der Waals surface area contributed by atoms with Crippen molar-refractivity contribution >= 4 is 11.6 Å². The first kappa shape index (κ1) is 11.1. The summed E-state index contributed by atoms with van der Waals surface area (Å²) in [5, 5.41) is 6.13. The van der Waals surface area contributed by atoms with E-state index in [1.165, 1.54) is 0 Å². The summed E-state index contributed by atoms with van der Waals surface area (Å²) in [6.07, 6.45) is 3.45. The summed E-state index contributed by atoms with van der Waals surface area (Å²) < 4.78 is 0. The predicted molar refractivity (Wildman–Crippen MR) is 63.1 cm³/mol. The second kappa shape index (κ2) is 4.61. The molecule has 1 atom stereocenters. The molecule has 1 aliphatic heterocycles. The third-order valence-corrected chi connectivity index (χ3v) is 3.21. The number of hydrogen-bond acceptors (Lipinski definition) is 3. The Bertz CT molecular complexity index is 388. The van der Waals surface area contributed by atoms with Gasteiger partial charge in [-0.1, -0.05) is 6.92 Å². The Kier molecular flexibility index (Phi) is 3.19. The number of rotatable bonds is 3. The molecule has 1 aromatic heterocycles. The van der Waals surface area contributed by atoms with Gasteiger partial charge in [-0.2, -0.15) is 0 Å². The fourth-order valence-electron chi connectivity index (χ4n) is 1.74. The molecule has 1 fully saturated rings. The predicted octanol–water partition coefficient (Wildman–Crippen LogP) is 1.18. The van der Waals surface area contributed by atoms with Crippen LogP contribution in [0.3, 0.4) is 0 Å². The van der Waals surface area contributed by atoms with E-state index in [4.69, 9.17) is 0 Å². The van der Waals surface area contributed by atoms with E-state index in [0.717, 1.165) is 24.3 Å². The van der Waals surface area contributed by atoms with Crippen molar-refractivity contribution in [1.29, 1.82) is 0 Å². The molecule has 4 nitrogen and oxygen atoms in total. The smallest absolute Gasteiger partial charge is 0.227 e. The molecule has 0 spiro atoms. The third kappa shape index (κ3) is 2.22. The Morgan fingerprint density at radius 2 is 2.38 bits per heavy atom. The van der Waals surface area contributed by atoms with Crippen LogP contribution in [0.5, 0.6) is 0 Å². The number of aromatic nitrogens is 1. The van der Waals surface area contributed by atoms with Gasteiger partial charge in [0.1, 0.15) is 0 Å². The molecule has 1 aromatic rings. The highest BCUT2D eigenvalue weighted by molar-refractivity contribution is 5.93. The molecule has 2 heterocycles. The van der Waals surface area contributed by atoms with Gasteiger partial charge in [0.25, 0.3) is 0 Å². The number of amides is 1. The molecule has 0 bridgehead atoms. The summed E-state index contributed by atoms with van der Waals surface area (Å²) in [5.74, 6) is 0.636. The molecule has 1 aliphatic rings. The summed E-state index contributed by atoms with van der Waals surface area (Å²) in [4.78, 5) is 15.9. The van der Waals surface area contributed by atoms with Crippen LogP contribution in [0.4, 0.5) is 5.69 Å². The molecule has 16 heavy (non-hydrogen) atoms. The highest BCUT2D eigenvalue weighted by Gasteiger charge is 2.28. The number of nitrogens with zero attached hydrogens (tertiary/aromatic N) is 1. The van der Waals surface area contributed by atoms with Gasteiger partial charge in [-0.05, 0) is 37.6 Å². The highest BCUT2D eigenvalue weighted by atomic mass is 16.1. The lowest BCUT2D eigenvalue weighted by Crippen LogP contribution is -2.48. The summed E-state index contributed by atoms with van der Waals surface area (Å²) in [5.41, 5.74) is 1.86. The van der Waals surface area contributed by atoms with Gasteiger partial charge in [0.2, 0.25) is 5.91 Å². The quantitative estimate of drug-likeness (QED) is 0.802. The largest absolute Gasteiger partial charge is 0.325 e. The first-order chi connectivity index (χ1) is 7.68. The SMILES string of the molecule is Cc1cnccc1NC(=O)C(C)C1CNC1. The Labute approximate surface area is 95.5 Å². The lowest BCUT2D eigenvalue weighted by Gasteiger charge is -2.31. The maximum absolute atomic E-state index is 11.9. The van der Waals surface area contributed by atoms with Crippen LogP contribution >= 0.6 is 0 Å². The van der Waals surface area contributed by atoms with E-state index in [9.17, 15) is 4.79 Å². The van der Waals surface area contributed by atoms with Crippen LogP contribution in [-0.4, -0.2) is 24.0 Å². The van der Waals surface area contributed by atoms with Gasteiger partial charge in [-0.25, -0.2) is 0 Å². The average Bonchev–Trinajstić information content (AvgIpc) is 2.18. The summed E-state index contributed by atoms with van der Waals surface area (Å²) in [7, 11) is 0. The van der Waals surface area contributed by atoms with E-state index in [-0.39, 0.29) is 11.8 Å². The molecule has 0 aromatic carbocycles. The molecule has 2 rings (SSSR count). The molecule has 2 N–H and O–H groups in total. The van der Waals surface area contributed by atoms with Gasteiger partial charge < -0.3 is 10.6 Å². The normalized spacial score (nSPS) is 17.6. The lowest BCUT2D eigenvalue weighted by molar-refractivity contribution is -0.121. The van der Waals surface area contributed by atoms with Crippen molar-refractivity contribution in [3.63, 3.8) is 0 Å². The minimum Gasteiger partial charge on any atom is -0.325 e. The van der Waals surface area contributed by atoms with E-state index in [1.807, 2.05) is 19.9 Å². The van der Waals surface area contributed by atoms with Gasteiger partial charge >= 0.3 is 0 Å². The van der Waals surface area contributed by atoms with Crippen molar-refractivity contribution in [3.8, 4) is 0 Å². The fourth-order valence-corrected chi connectivity index (χ4v) is 1.74. The van der Waals surface area contributed by atoms with Gasteiger partial charge in [0.05, 0.1) is 0 Å². The molecule has 1 amide bonds. The number of pyridine rings is 1. The molecule has 0 aliphatic carbocycles. The summed E-state index contributed by atoms with van der Waals surface area (Å²) in [6, 6.07) is 1.83. The van der Waals surface area contributed by atoms with Crippen LogP contribution in [-0.2, 0) is 4.79 Å². The Morgan fingerprint density at radius 1 is 1.62 bits per heavy atom. The van der Waals surface area contributed by atoms with Crippen molar-refractivity contribution in [3.05, 3.63) is 24.0 Å². The van der Waals surface area contributed by atoms with E-state index in [2.05, 4.69) is 15.6 Å². The molecule has 0 radical (unpaired) electrons. The molecule has 86 valence electrons. The maximum atomic E-state index is 11.9. The highest BCUT2D eigenvalue weighted by Crippen LogP contribution is 2.19. The topological polar surface area (TPSA) is 54.0 Å². The van der Waals surface area contributed by atoms with Crippen molar-refractivity contribution in [2.75, 3.05) is 18.4 Å². The monoisotopic (exact) mass is 219 g/mol. The summed E-state index contributed by atoms with van der Waals surface area (Å²) in [6.45, 7) is 5.82. The number of nitrogens with one attached hydrogen (secondary N) is 2. The van der Waals surface area contributed by atoms with E-state index < -0.39 is 0 Å². The van der Waals surface area contributed by atoms with Crippen LogP contribution in [0.15, 0.2) is 18.5 Å². The first-order valence-corrected chi connectivity index (χ1v) is 5.60. The van der Waals surface area contributed by atoms with E-state index in [1.54, 1.807) is 12.4 Å². The minimum atomic E-state index is 0.0637. The van der Waals surface area contributed by atoms with Crippen molar-refractivity contribution in [1.82, 2.24) is 10.3 Å². The second-order valence-corrected chi connectivity index (χ2v) is 4.39. The Balaban J connectivity index is 1.99. The van der Waals surface area contributed by atoms with Crippen molar-refractivity contribution < 1.29 is 4.79 Å². The molecular weight excluding hydrogens is 202 g/mol. The van der Waals surface area contributed by atoms with E-state index >= 15 is 0 Å². The number of carbonyl (C=O) groups is 1. The van der Waals surface area contributed by atoms with Gasteiger partial charge in [0.15, 0.2) is 0 Å². The van der Waals surface area contributed by atoms with Gasteiger partial charge in [0, 0.05) is 24.0 Å². The minimum absolute atomic E-state index is 0.0637. The lowest BCUT2D eigenvalue weighted by atomic mass is 9.88. The van der Waals surface area contributed by atoms with Gasteiger partial charge in [-0.3, -0.25) is 9.78 Å². The molecule has 0 saturated carbocycles. The standard InChI is InChI=1S/C12H17N3O/c1-8-5-13-4-3-11(8)15-12(16)9(2)10-6-14-7-10/h3-5,9-10,14H,6-7H2,1-2H3,(H,13,15,16). The van der Waals surface area contributed by atoms with E-state index in [0.29, 0.717) is 5.92 Å². The summed E-state index contributed by atoms with van der Waals surface area (Å²) >= 11 is 0. The van der Waals surface area contributed by atoms with Crippen LogP contribution in [0.1, 0.15) is 12.5 Å². The first-order valence-electron chi connectivity index (χ1n) is 5.60. The molecule has 1 unspecified atom stereocenters. The van der Waals surface area contributed by atoms with Crippen molar-refractivity contribution in [2.24, 2.45) is 11.8 Å². The van der Waals surface area contributed by atoms with Crippen LogP contribution in [0, 0.1) is 18.8 Å². The molecule has 1 saturated heterocycles. The number of carbonyl (C=O) groups excluding carboxylic acids is 1. The number of hydrogen-bond donors (Lipinski definition) is 2. The zero-order valence-corrected chi connectivity index (χ0v) is 9.66. The Morgan fingerprint density at radius 3 is 2.94 bits per heavy atom. The maximum Gasteiger partial charge on any atom is 0.227 e. The Hall–Kier alpha value is -1.42. The van der Waals surface area contributed by atoms with Crippen molar-refractivity contribution in [2.45, 2.75) is 13.8 Å². The second-order valence-electron chi connectivity index (χ2n) is 4.39.